The summed E-state index contributed by atoms with van der Waals surface area (Å²) in [5, 5.41) is 42.7. The van der Waals surface area contributed by atoms with Crippen LogP contribution < -0.4 is 10.1 Å². The van der Waals surface area contributed by atoms with Crippen LogP contribution in [0.3, 0.4) is 0 Å². The smallest absolute Gasteiger partial charge is 0.410 e. The summed E-state index contributed by atoms with van der Waals surface area (Å²) in [4.78, 5) is 25.2. The molecule has 1 aromatic carbocycles. The van der Waals surface area contributed by atoms with Crippen molar-refractivity contribution >= 4 is 33.7 Å². The number of nitrogens with zero attached hydrogens (tertiary/aromatic N) is 1. The molecule has 1 amide bonds. The van der Waals surface area contributed by atoms with Gasteiger partial charge in [0.15, 0.2) is 6.10 Å². The van der Waals surface area contributed by atoms with E-state index in [9.17, 15) is 38.4 Å². The fraction of sp³-hybridized carbons (Fsp3) is 0.652. The van der Waals surface area contributed by atoms with Gasteiger partial charge in [0, 0.05) is 31.0 Å². The number of aliphatic hydroxyl groups is 3. The Kier molecular flexibility index (Phi) is 12.1. The molecule has 2 rings (SSSR count). The zero-order chi connectivity index (χ0) is 28.6. The zero-order valence-electron chi connectivity index (χ0n) is 21.6. The van der Waals surface area contributed by atoms with E-state index in [-0.39, 0.29) is 43.1 Å². The molecule has 13 nitrogen and oxygen atoms in total. The minimum absolute atomic E-state index is 0.00353. The summed E-state index contributed by atoms with van der Waals surface area (Å²) in [5.41, 5.74) is 1.15. The lowest BCUT2D eigenvalue weighted by Crippen LogP contribution is -2.61. The number of nitrogens with one attached hydrogen (secondary N) is 1. The number of hydrogen-bond donors (Lipinski definition) is 5. The van der Waals surface area contributed by atoms with Crippen molar-refractivity contribution in [1.82, 2.24) is 10.2 Å². The van der Waals surface area contributed by atoms with Crippen LogP contribution >= 0.6 is 11.8 Å². The van der Waals surface area contributed by atoms with Crippen LogP contribution in [-0.4, -0.2) is 113 Å². The molecule has 5 atom stereocenters. The molecule has 216 valence electrons. The van der Waals surface area contributed by atoms with Gasteiger partial charge in [-0.1, -0.05) is 19.9 Å². The molecule has 1 fully saturated rings. The van der Waals surface area contributed by atoms with Gasteiger partial charge in [-0.25, -0.2) is 18.0 Å². The van der Waals surface area contributed by atoms with Gasteiger partial charge in [-0.05, 0) is 24.0 Å². The summed E-state index contributed by atoms with van der Waals surface area (Å²) in [5.74, 6) is -1.25. The predicted octanol–water partition coefficient (Wildman–Crippen LogP) is -0.241. The first-order valence-electron chi connectivity index (χ1n) is 11.8. The molecule has 15 heteroatoms. The largest absolute Gasteiger partial charge is 0.479 e. The molecule has 5 N–H and O–H groups in total. The van der Waals surface area contributed by atoms with Crippen molar-refractivity contribution in [3.05, 3.63) is 29.3 Å². The number of sulfone groups is 1. The van der Waals surface area contributed by atoms with Gasteiger partial charge in [-0.2, -0.15) is 0 Å². The van der Waals surface area contributed by atoms with Crippen molar-refractivity contribution in [3.8, 4) is 5.75 Å². The van der Waals surface area contributed by atoms with Gasteiger partial charge in [0.05, 0.1) is 11.6 Å². The Bertz CT molecular complexity index is 1050. The number of ether oxygens (including phenoxy) is 3. The summed E-state index contributed by atoms with van der Waals surface area (Å²) in [7, 11) is -3.26. The highest BCUT2D eigenvalue weighted by molar-refractivity contribution is 7.98. The first kappa shape index (κ1) is 32.1. The van der Waals surface area contributed by atoms with Crippen LogP contribution in [0.25, 0.3) is 0 Å². The normalized spacial score (nSPS) is 23.7. The Morgan fingerprint density at radius 2 is 1.87 bits per heavy atom. The lowest BCUT2D eigenvalue weighted by atomic mass is 9.99. The number of carboxylic acids is 1. The molecule has 1 aliphatic rings. The maximum Gasteiger partial charge on any atom is 0.410 e. The highest BCUT2D eigenvalue weighted by atomic mass is 32.2. The quantitative estimate of drug-likeness (QED) is 0.192. The standard InChI is InChI=1S/C23H36N2O11S2/c1-13(2)24-10-15-9-14(11-34-23(31)25(12-37-3)7-8-38(4,32)33)5-6-16(15)35-22-19(28)17(26)18(27)20(36-22)21(29)30/h5-6,9,13,17-20,22,24,26-28H,7-8,10-12H2,1-4H3,(H,29,30). The molecule has 0 radical (unpaired) electrons. The Balaban J connectivity index is 2.18. The molecular formula is C23H36N2O11S2. The van der Waals surface area contributed by atoms with E-state index in [4.69, 9.17) is 14.2 Å². The van der Waals surface area contributed by atoms with Gasteiger partial charge in [-0.15, -0.1) is 11.8 Å². The number of aliphatic hydroxyl groups excluding tert-OH is 3. The second-order valence-corrected chi connectivity index (χ2v) is 12.3. The van der Waals surface area contributed by atoms with E-state index in [1.165, 1.54) is 22.7 Å². The highest BCUT2D eigenvalue weighted by Crippen LogP contribution is 2.28. The molecule has 5 unspecified atom stereocenters. The Labute approximate surface area is 226 Å². The van der Waals surface area contributed by atoms with Crippen molar-refractivity contribution in [2.45, 2.75) is 63.7 Å². The van der Waals surface area contributed by atoms with Crippen LogP contribution in [0, 0.1) is 0 Å². The minimum Gasteiger partial charge on any atom is -0.479 e. The molecule has 1 aliphatic heterocycles. The second-order valence-electron chi connectivity index (χ2n) is 9.20. The summed E-state index contributed by atoms with van der Waals surface area (Å²) in [6.07, 6.45) is -6.56. The Morgan fingerprint density at radius 3 is 2.45 bits per heavy atom. The molecule has 1 saturated heterocycles. The minimum atomic E-state index is -3.26. The zero-order valence-corrected chi connectivity index (χ0v) is 23.3. The van der Waals surface area contributed by atoms with Crippen LogP contribution in [0.5, 0.6) is 5.75 Å². The molecule has 0 spiro atoms. The molecule has 38 heavy (non-hydrogen) atoms. The number of rotatable bonds is 13. The molecular weight excluding hydrogens is 544 g/mol. The number of hydrogen-bond acceptors (Lipinski definition) is 12. The molecule has 0 saturated carbocycles. The molecule has 0 bridgehead atoms. The van der Waals surface area contributed by atoms with E-state index < -0.39 is 52.6 Å². The average molecular weight is 581 g/mol. The number of carbonyl (C=O) groups excluding carboxylic acids is 1. The second kappa shape index (κ2) is 14.3. The molecule has 1 aromatic rings. The van der Waals surface area contributed by atoms with E-state index in [0.29, 0.717) is 11.1 Å². The van der Waals surface area contributed by atoms with Crippen LogP contribution in [0.4, 0.5) is 4.79 Å². The van der Waals surface area contributed by atoms with Crippen molar-refractivity contribution in [1.29, 1.82) is 0 Å². The molecule has 1 heterocycles. The van der Waals surface area contributed by atoms with Gasteiger partial charge >= 0.3 is 12.1 Å². The highest BCUT2D eigenvalue weighted by Gasteiger charge is 2.48. The fourth-order valence-corrected chi connectivity index (χ4v) is 4.54. The van der Waals surface area contributed by atoms with Crippen molar-refractivity contribution < 1.29 is 52.6 Å². The first-order chi connectivity index (χ1) is 17.7. The van der Waals surface area contributed by atoms with Crippen molar-refractivity contribution in [2.24, 2.45) is 0 Å². The van der Waals surface area contributed by atoms with Crippen molar-refractivity contribution in [3.63, 3.8) is 0 Å². The van der Waals surface area contributed by atoms with Gasteiger partial charge in [0.2, 0.25) is 6.29 Å². The summed E-state index contributed by atoms with van der Waals surface area (Å²) >= 11 is 1.35. The average Bonchev–Trinajstić information content (AvgIpc) is 2.84. The van der Waals surface area contributed by atoms with Gasteiger partial charge < -0.3 is 40.0 Å². The Morgan fingerprint density at radius 1 is 1.18 bits per heavy atom. The van der Waals surface area contributed by atoms with Crippen molar-refractivity contribution in [2.75, 3.05) is 30.7 Å². The van der Waals surface area contributed by atoms with Gasteiger partial charge in [0.1, 0.15) is 40.5 Å². The summed E-state index contributed by atoms with van der Waals surface area (Å²) in [6, 6.07) is 4.88. The van der Waals surface area contributed by atoms with Crippen LogP contribution in [0.15, 0.2) is 18.2 Å². The number of aliphatic carboxylic acids is 1. The number of carbonyl (C=O) groups is 2. The topological polar surface area (TPSA) is 192 Å². The fourth-order valence-electron chi connectivity index (χ4n) is 3.44. The van der Waals surface area contributed by atoms with Gasteiger partial charge in [0.25, 0.3) is 0 Å². The third-order valence-corrected chi connectivity index (χ3v) is 7.01. The van der Waals surface area contributed by atoms with E-state index in [1.807, 2.05) is 13.8 Å². The van der Waals surface area contributed by atoms with E-state index in [1.54, 1.807) is 18.4 Å². The third-order valence-electron chi connectivity index (χ3n) is 5.52. The lowest BCUT2D eigenvalue weighted by molar-refractivity contribution is -0.271. The van der Waals surface area contributed by atoms with Crippen LogP contribution in [0.1, 0.15) is 25.0 Å². The van der Waals surface area contributed by atoms with E-state index in [2.05, 4.69) is 5.32 Å². The monoisotopic (exact) mass is 580 g/mol. The number of amides is 1. The SMILES string of the molecule is CSCN(CCS(C)(=O)=O)C(=O)OCc1ccc(OC2OC(C(=O)O)C(O)C(O)C2O)c(CNC(C)C)c1. The van der Waals surface area contributed by atoms with E-state index in [0.717, 1.165) is 6.26 Å². The number of carboxylic acid groups (broad SMARTS) is 1. The van der Waals surface area contributed by atoms with Crippen LogP contribution in [-0.2, 0) is 37.3 Å². The predicted molar refractivity (Wildman–Crippen MR) is 138 cm³/mol. The molecule has 0 aromatic heterocycles. The van der Waals surface area contributed by atoms with E-state index >= 15 is 0 Å². The Hall–Kier alpha value is -2.14. The number of benzene rings is 1. The third kappa shape index (κ3) is 9.55. The first-order valence-corrected chi connectivity index (χ1v) is 15.2. The lowest BCUT2D eigenvalue weighted by Gasteiger charge is -2.38. The maximum atomic E-state index is 12.6. The summed E-state index contributed by atoms with van der Waals surface area (Å²) < 4.78 is 39.3. The van der Waals surface area contributed by atoms with Crippen LogP contribution in [0.2, 0.25) is 0 Å². The summed E-state index contributed by atoms with van der Waals surface area (Å²) in [6.45, 7) is 4.01. The molecule has 0 aliphatic carbocycles. The maximum absolute atomic E-state index is 12.6. The van der Waals surface area contributed by atoms with Gasteiger partial charge in [-0.3, -0.25) is 4.90 Å². The number of thioether (sulfide) groups is 1.